The van der Waals surface area contributed by atoms with Crippen LogP contribution in [-0.4, -0.2) is 40.8 Å². The summed E-state index contributed by atoms with van der Waals surface area (Å²) in [5.74, 6) is 0. The fourth-order valence-corrected chi connectivity index (χ4v) is 4.96. The third-order valence-electron chi connectivity index (χ3n) is 4.12. The summed E-state index contributed by atoms with van der Waals surface area (Å²) in [5.41, 5.74) is -0.286. The van der Waals surface area contributed by atoms with Crippen molar-refractivity contribution in [3.05, 3.63) is 0 Å². The Balaban J connectivity index is 2.37. The lowest BCUT2D eigenvalue weighted by molar-refractivity contribution is 0.184. The van der Waals surface area contributed by atoms with Crippen molar-refractivity contribution >= 4 is 10.0 Å². The molecule has 2 aliphatic rings. The standard InChI is InChI=1S/C12H23NO3S/c1-11(2,3)17(15,16)13-9-10(14)8-12(13)6-4-5-7-12/h10,14H,4-9H2,1-3H3. The van der Waals surface area contributed by atoms with Crippen LogP contribution in [0.15, 0.2) is 0 Å². The number of β-amino-alcohol motifs (C(OH)–C–C–N with tert-alkyl or cyclic N) is 1. The van der Waals surface area contributed by atoms with Crippen LogP contribution in [0.4, 0.5) is 0 Å². The molecule has 1 heterocycles. The van der Waals surface area contributed by atoms with Gasteiger partial charge in [-0.15, -0.1) is 0 Å². The quantitative estimate of drug-likeness (QED) is 0.778. The maximum absolute atomic E-state index is 12.6. The van der Waals surface area contributed by atoms with Gasteiger partial charge >= 0.3 is 0 Å². The fraction of sp³-hybridized carbons (Fsp3) is 1.00. The first-order valence-corrected chi connectivity index (χ1v) is 7.84. The number of aliphatic hydroxyl groups is 1. The molecular weight excluding hydrogens is 238 g/mol. The molecule has 1 saturated carbocycles. The van der Waals surface area contributed by atoms with Crippen molar-refractivity contribution in [1.82, 2.24) is 4.31 Å². The van der Waals surface area contributed by atoms with Gasteiger partial charge in [0.1, 0.15) is 0 Å². The van der Waals surface area contributed by atoms with Gasteiger partial charge in [0, 0.05) is 12.1 Å². The van der Waals surface area contributed by atoms with Gasteiger partial charge in [-0.05, 0) is 40.0 Å². The summed E-state index contributed by atoms with van der Waals surface area (Å²) in [6.07, 6.45) is 4.07. The molecule has 1 unspecified atom stereocenters. The van der Waals surface area contributed by atoms with E-state index in [0.717, 1.165) is 25.7 Å². The van der Waals surface area contributed by atoms with E-state index in [0.29, 0.717) is 6.42 Å². The van der Waals surface area contributed by atoms with E-state index in [1.54, 1.807) is 25.1 Å². The Bertz CT molecular complexity index is 390. The molecule has 1 spiro atoms. The summed E-state index contributed by atoms with van der Waals surface area (Å²) in [6.45, 7) is 5.47. The van der Waals surface area contributed by atoms with E-state index in [1.165, 1.54) is 0 Å². The normalized spacial score (nSPS) is 30.2. The lowest BCUT2D eigenvalue weighted by atomic mass is 9.95. The molecule has 2 rings (SSSR count). The average molecular weight is 261 g/mol. The van der Waals surface area contributed by atoms with E-state index < -0.39 is 20.9 Å². The summed E-state index contributed by atoms with van der Waals surface area (Å²) in [5, 5.41) is 9.85. The molecule has 0 aromatic heterocycles. The highest BCUT2D eigenvalue weighted by Crippen LogP contribution is 2.46. The Kier molecular flexibility index (Phi) is 3.08. The number of aliphatic hydroxyl groups excluding tert-OH is 1. The van der Waals surface area contributed by atoms with E-state index in [1.807, 2.05) is 0 Å². The zero-order chi connectivity index (χ0) is 12.9. The van der Waals surface area contributed by atoms with E-state index in [2.05, 4.69) is 0 Å². The molecule has 2 fully saturated rings. The third-order valence-corrected chi connectivity index (χ3v) is 6.78. The minimum absolute atomic E-state index is 0.277. The van der Waals surface area contributed by atoms with Crippen molar-refractivity contribution in [2.75, 3.05) is 6.54 Å². The number of nitrogens with zero attached hydrogens (tertiary/aromatic N) is 1. The molecule has 1 atom stereocenters. The maximum Gasteiger partial charge on any atom is 0.219 e. The predicted molar refractivity (Wildman–Crippen MR) is 67.2 cm³/mol. The van der Waals surface area contributed by atoms with E-state index >= 15 is 0 Å². The van der Waals surface area contributed by atoms with Crippen LogP contribution in [-0.2, 0) is 10.0 Å². The van der Waals surface area contributed by atoms with Crippen LogP contribution >= 0.6 is 0 Å². The topological polar surface area (TPSA) is 57.6 Å². The van der Waals surface area contributed by atoms with Gasteiger partial charge < -0.3 is 5.11 Å². The molecule has 0 radical (unpaired) electrons. The minimum Gasteiger partial charge on any atom is -0.392 e. The fourth-order valence-electron chi connectivity index (χ4n) is 3.16. The molecule has 4 nitrogen and oxygen atoms in total. The van der Waals surface area contributed by atoms with Crippen LogP contribution < -0.4 is 0 Å². The summed E-state index contributed by atoms with van der Waals surface area (Å²) in [6, 6.07) is 0. The Morgan fingerprint density at radius 3 is 2.24 bits per heavy atom. The second-order valence-electron chi connectivity index (χ2n) is 6.44. The second kappa shape index (κ2) is 3.93. The lowest BCUT2D eigenvalue weighted by Crippen LogP contribution is -2.51. The number of rotatable bonds is 1. The molecular formula is C12H23NO3S. The molecule has 5 heteroatoms. The molecule has 0 bridgehead atoms. The van der Waals surface area contributed by atoms with Gasteiger partial charge in [-0.25, -0.2) is 8.42 Å². The van der Waals surface area contributed by atoms with Gasteiger partial charge in [-0.2, -0.15) is 4.31 Å². The van der Waals surface area contributed by atoms with Crippen LogP contribution in [0.1, 0.15) is 52.9 Å². The molecule has 17 heavy (non-hydrogen) atoms. The summed E-state index contributed by atoms with van der Waals surface area (Å²) in [4.78, 5) is 0. The van der Waals surface area contributed by atoms with Crippen molar-refractivity contribution in [2.45, 2.75) is 69.3 Å². The summed E-state index contributed by atoms with van der Waals surface area (Å²) in [7, 11) is -3.33. The summed E-state index contributed by atoms with van der Waals surface area (Å²) < 4.78 is 26.0. The first-order valence-electron chi connectivity index (χ1n) is 6.40. The molecule has 100 valence electrons. The molecule has 0 aromatic carbocycles. The highest BCUT2D eigenvalue weighted by Gasteiger charge is 2.54. The molecule has 1 N–H and O–H groups in total. The Morgan fingerprint density at radius 1 is 1.24 bits per heavy atom. The van der Waals surface area contributed by atoms with Gasteiger partial charge in [0.15, 0.2) is 0 Å². The predicted octanol–water partition coefficient (Wildman–Crippen LogP) is 1.49. The first-order chi connectivity index (χ1) is 7.69. The first kappa shape index (κ1) is 13.3. The largest absolute Gasteiger partial charge is 0.392 e. The van der Waals surface area contributed by atoms with E-state index in [9.17, 15) is 13.5 Å². The van der Waals surface area contributed by atoms with Crippen molar-refractivity contribution in [3.63, 3.8) is 0 Å². The van der Waals surface area contributed by atoms with Crippen LogP contribution in [0.3, 0.4) is 0 Å². The monoisotopic (exact) mass is 261 g/mol. The lowest BCUT2D eigenvalue weighted by Gasteiger charge is -2.37. The molecule has 0 amide bonds. The zero-order valence-corrected chi connectivity index (χ0v) is 11.8. The Labute approximate surface area is 104 Å². The van der Waals surface area contributed by atoms with Gasteiger partial charge in [0.2, 0.25) is 10.0 Å². The second-order valence-corrected chi connectivity index (χ2v) is 9.05. The molecule has 0 aromatic rings. The Hall–Kier alpha value is -0.130. The van der Waals surface area contributed by atoms with Crippen LogP contribution in [0.5, 0.6) is 0 Å². The van der Waals surface area contributed by atoms with Crippen molar-refractivity contribution in [2.24, 2.45) is 0 Å². The maximum atomic E-state index is 12.6. The number of hydrogen-bond acceptors (Lipinski definition) is 3. The molecule has 1 aliphatic carbocycles. The van der Waals surface area contributed by atoms with Gasteiger partial charge in [-0.1, -0.05) is 12.8 Å². The SMILES string of the molecule is CC(C)(C)S(=O)(=O)N1CC(O)CC12CCCC2. The van der Waals surface area contributed by atoms with Crippen molar-refractivity contribution in [3.8, 4) is 0 Å². The van der Waals surface area contributed by atoms with Gasteiger partial charge in [0.05, 0.1) is 10.9 Å². The Morgan fingerprint density at radius 2 is 1.76 bits per heavy atom. The van der Waals surface area contributed by atoms with Gasteiger partial charge in [0.25, 0.3) is 0 Å². The smallest absolute Gasteiger partial charge is 0.219 e. The number of hydrogen-bond donors (Lipinski definition) is 1. The highest BCUT2D eigenvalue weighted by molar-refractivity contribution is 7.90. The van der Waals surface area contributed by atoms with Crippen molar-refractivity contribution in [1.29, 1.82) is 0 Å². The van der Waals surface area contributed by atoms with E-state index in [4.69, 9.17) is 0 Å². The van der Waals surface area contributed by atoms with Crippen molar-refractivity contribution < 1.29 is 13.5 Å². The van der Waals surface area contributed by atoms with Crippen LogP contribution in [0, 0.1) is 0 Å². The average Bonchev–Trinajstić information content (AvgIpc) is 2.73. The highest BCUT2D eigenvalue weighted by atomic mass is 32.2. The van der Waals surface area contributed by atoms with Gasteiger partial charge in [-0.3, -0.25) is 0 Å². The number of sulfonamides is 1. The zero-order valence-electron chi connectivity index (χ0n) is 10.9. The van der Waals surface area contributed by atoms with Crippen LogP contribution in [0.2, 0.25) is 0 Å². The van der Waals surface area contributed by atoms with E-state index in [-0.39, 0.29) is 12.1 Å². The summed E-state index contributed by atoms with van der Waals surface area (Å²) >= 11 is 0. The molecule has 1 aliphatic heterocycles. The minimum atomic E-state index is -3.33. The van der Waals surface area contributed by atoms with Crippen LogP contribution in [0.25, 0.3) is 0 Å². The third kappa shape index (κ3) is 2.02. The molecule has 1 saturated heterocycles.